The maximum Gasteiger partial charge on any atom is 0.253 e. The SMILES string of the molecule is COc1cccc(-c2cc(N3CCCN(C(=O)c4cccc(C#N)c4)CC3)ncn2)c1. The Balaban J connectivity index is 1.49. The van der Waals surface area contributed by atoms with Crippen molar-refractivity contribution in [1.82, 2.24) is 14.9 Å². The van der Waals surface area contributed by atoms with E-state index in [1.807, 2.05) is 35.2 Å². The van der Waals surface area contributed by atoms with Gasteiger partial charge in [0.2, 0.25) is 0 Å². The summed E-state index contributed by atoms with van der Waals surface area (Å²) in [6, 6.07) is 18.7. The van der Waals surface area contributed by atoms with Gasteiger partial charge in [0.15, 0.2) is 0 Å². The number of hydrogen-bond acceptors (Lipinski definition) is 6. The Morgan fingerprint density at radius 1 is 1.03 bits per heavy atom. The van der Waals surface area contributed by atoms with Crippen molar-refractivity contribution in [3.63, 3.8) is 0 Å². The molecule has 1 saturated heterocycles. The Labute approximate surface area is 181 Å². The van der Waals surface area contributed by atoms with Gasteiger partial charge in [0.25, 0.3) is 5.91 Å². The number of ether oxygens (including phenoxy) is 1. The van der Waals surface area contributed by atoms with Crippen LogP contribution in [0.25, 0.3) is 11.3 Å². The molecule has 31 heavy (non-hydrogen) atoms. The van der Waals surface area contributed by atoms with Crippen molar-refractivity contribution < 1.29 is 9.53 Å². The molecule has 0 N–H and O–H groups in total. The quantitative estimate of drug-likeness (QED) is 0.652. The molecule has 3 aromatic rings. The van der Waals surface area contributed by atoms with E-state index in [-0.39, 0.29) is 5.91 Å². The van der Waals surface area contributed by atoms with Crippen molar-refractivity contribution in [3.05, 3.63) is 72.1 Å². The van der Waals surface area contributed by atoms with Crippen LogP contribution >= 0.6 is 0 Å². The summed E-state index contributed by atoms with van der Waals surface area (Å²) in [5.41, 5.74) is 2.84. The van der Waals surface area contributed by atoms with Gasteiger partial charge < -0.3 is 14.5 Å². The number of nitrogens with zero attached hydrogens (tertiary/aromatic N) is 5. The highest BCUT2D eigenvalue weighted by molar-refractivity contribution is 5.94. The molecule has 7 heteroatoms. The molecule has 4 rings (SSSR count). The van der Waals surface area contributed by atoms with Crippen LogP contribution in [0.1, 0.15) is 22.3 Å². The lowest BCUT2D eigenvalue weighted by Crippen LogP contribution is -2.35. The van der Waals surface area contributed by atoms with E-state index in [0.717, 1.165) is 35.8 Å². The molecule has 0 unspecified atom stereocenters. The fourth-order valence-corrected chi connectivity index (χ4v) is 3.71. The Morgan fingerprint density at radius 3 is 2.74 bits per heavy atom. The van der Waals surface area contributed by atoms with Gasteiger partial charge in [-0.25, -0.2) is 9.97 Å². The van der Waals surface area contributed by atoms with Crippen LogP contribution < -0.4 is 9.64 Å². The first kappa shape index (κ1) is 20.4. The molecule has 0 saturated carbocycles. The fourth-order valence-electron chi connectivity index (χ4n) is 3.71. The lowest BCUT2D eigenvalue weighted by atomic mass is 10.1. The third-order valence-electron chi connectivity index (χ3n) is 5.36. The topological polar surface area (TPSA) is 82.4 Å². The van der Waals surface area contributed by atoms with Crippen molar-refractivity contribution in [1.29, 1.82) is 5.26 Å². The highest BCUT2D eigenvalue weighted by Crippen LogP contribution is 2.25. The van der Waals surface area contributed by atoms with E-state index >= 15 is 0 Å². The number of benzene rings is 2. The zero-order chi connectivity index (χ0) is 21.6. The summed E-state index contributed by atoms with van der Waals surface area (Å²) in [6.45, 7) is 2.74. The molecule has 2 heterocycles. The number of rotatable bonds is 4. The normalized spacial score (nSPS) is 13.9. The van der Waals surface area contributed by atoms with Gasteiger partial charge in [-0.3, -0.25) is 4.79 Å². The molecule has 1 aliphatic heterocycles. The first-order valence-corrected chi connectivity index (χ1v) is 10.2. The zero-order valence-corrected chi connectivity index (χ0v) is 17.4. The fraction of sp³-hybridized carbons (Fsp3) is 0.250. The summed E-state index contributed by atoms with van der Waals surface area (Å²) < 4.78 is 5.32. The molecule has 0 bridgehead atoms. The molecule has 1 aromatic heterocycles. The number of anilines is 1. The first-order chi connectivity index (χ1) is 15.2. The van der Waals surface area contributed by atoms with E-state index in [0.29, 0.717) is 30.8 Å². The number of aromatic nitrogens is 2. The minimum Gasteiger partial charge on any atom is -0.497 e. The molecule has 2 aromatic carbocycles. The van der Waals surface area contributed by atoms with Gasteiger partial charge in [-0.05, 0) is 36.8 Å². The molecule has 0 aliphatic carbocycles. The average Bonchev–Trinajstić information content (AvgIpc) is 3.10. The zero-order valence-electron chi connectivity index (χ0n) is 17.4. The van der Waals surface area contributed by atoms with Crippen molar-refractivity contribution in [3.8, 4) is 23.1 Å². The molecule has 0 spiro atoms. The largest absolute Gasteiger partial charge is 0.497 e. The molecule has 1 aliphatic rings. The van der Waals surface area contributed by atoms with E-state index in [1.165, 1.54) is 0 Å². The van der Waals surface area contributed by atoms with Crippen molar-refractivity contribution >= 4 is 11.7 Å². The third kappa shape index (κ3) is 4.64. The highest BCUT2D eigenvalue weighted by atomic mass is 16.5. The minimum absolute atomic E-state index is 0.0429. The molecule has 156 valence electrons. The van der Waals surface area contributed by atoms with Crippen molar-refractivity contribution in [2.75, 3.05) is 38.2 Å². The molecule has 0 radical (unpaired) electrons. The smallest absolute Gasteiger partial charge is 0.253 e. The summed E-state index contributed by atoms with van der Waals surface area (Å²) in [5, 5.41) is 9.09. The standard InChI is InChI=1S/C24H23N5O2/c1-31-21-8-3-6-19(14-21)22-15-23(27-17-26-22)28-9-4-10-29(12-11-28)24(30)20-7-2-5-18(13-20)16-25/h2-3,5-8,13-15,17H,4,9-12H2,1H3. The highest BCUT2D eigenvalue weighted by Gasteiger charge is 2.21. The van der Waals surface area contributed by atoms with Gasteiger partial charge in [0, 0.05) is 43.4 Å². The van der Waals surface area contributed by atoms with E-state index in [1.54, 1.807) is 37.7 Å². The predicted molar refractivity (Wildman–Crippen MR) is 118 cm³/mol. The van der Waals surface area contributed by atoms with Crippen LogP contribution in [-0.2, 0) is 0 Å². The summed E-state index contributed by atoms with van der Waals surface area (Å²) in [7, 11) is 1.64. The molecular formula is C24H23N5O2. The second-order valence-corrected chi connectivity index (χ2v) is 7.32. The lowest BCUT2D eigenvalue weighted by molar-refractivity contribution is 0.0767. The molecule has 1 amide bonds. The number of methoxy groups -OCH3 is 1. The first-order valence-electron chi connectivity index (χ1n) is 10.2. The van der Waals surface area contributed by atoms with Gasteiger partial charge in [-0.2, -0.15) is 5.26 Å². The third-order valence-corrected chi connectivity index (χ3v) is 5.36. The molecule has 0 atom stereocenters. The molecular weight excluding hydrogens is 390 g/mol. The number of hydrogen-bond donors (Lipinski definition) is 0. The second kappa shape index (κ2) is 9.26. The van der Waals surface area contributed by atoms with Gasteiger partial charge >= 0.3 is 0 Å². The Kier molecular flexibility index (Phi) is 6.08. The number of amides is 1. The minimum atomic E-state index is -0.0429. The maximum atomic E-state index is 12.9. The second-order valence-electron chi connectivity index (χ2n) is 7.32. The summed E-state index contributed by atoms with van der Waals surface area (Å²) in [4.78, 5) is 25.8. The average molecular weight is 413 g/mol. The van der Waals surface area contributed by atoms with Gasteiger partial charge in [-0.1, -0.05) is 18.2 Å². The van der Waals surface area contributed by atoms with E-state index in [2.05, 4.69) is 20.9 Å². The van der Waals surface area contributed by atoms with Crippen LogP contribution in [0.4, 0.5) is 5.82 Å². The van der Waals surface area contributed by atoms with Crippen LogP contribution in [0.15, 0.2) is 60.9 Å². The van der Waals surface area contributed by atoms with Crippen LogP contribution in [0.2, 0.25) is 0 Å². The predicted octanol–water partition coefficient (Wildman–Crippen LogP) is 3.38. The van der Waals surface area contributed by atoms with Crippen molar-refractivity contribution in [2.45, 2.75) is 6.42 Å². The summed E-state index contributed by atoms with van der Waals surface area (Å²) >= 11 is 0. The number of nitriles is 1. The van der Waals surface area contributed by atoms with Crippen molar-refractivity contribution in [2.24, 2.45) is 0 Å². The van der Waals surface area contributed by atoms with Gasteiger partial charge in [0.1, 0.15) is 17.9 Å². The molecule has 7 nitrogen and oxygen atoms in total. The van der Waals surface area contributed by atoms with E-state index in [9.17, 15) is 4.79 Å². The monoisotopic (exact) mass is 413 g/mol. The Morgan fingerprint density at radius 2 is 1.90 bits per heavy atom. The number of carbonyl (C=O) groups excluding carboxylic acids is 1. The molecule has 1 fully saturated rings. The van der Waals surface area contributed by atoms with Gasteiger partial charge in [0.05, 0.1) is 24.4 Å². The summed E-state index contributed by atoms with van der Waals surface area (Å²) in [5.74, 6) is 1.58. The van der Waals surface area contributed by atoms with E-state index < -0.39 is 0 Å². The van der Waals surface area contributed by atoms with Crippen LogP contribution in [0.5, 0.6) is 5.75 Å². The summed E-state index contributed by atoms with van der Waals surface area (Å²) in [6.07, 6.45) is 2.41. The number of carbonyl (C=O) groups is 1. The maximum absolute atomic E-state index is 12.9. The van der Waals surface area contributed by atoms with Crippen LogP contribution in [0, 0.1) is 11.3 Å². The van der Waals surface area contributed by atoms with Crippen LogP contribution in [-0.4, -0.2) is 54.1 Å². The lowest BCUT2D eigenvalue weighted by Gasteiger charge is -2.23. The van der Waals surface area contributed by atoms with E-state index in [4.69, 9.17) is 10.00 Å². The van der Waals surface area contributed by atoms with Gasteiger partial charge in [-0.15, -0.1) is 0 Å². The Hall–Kier alpha value is -3.92. The van der Waals surface area contributed by atoms with Crippen LogP contribution in [0.3, 0.4) is 0 Å². The Bertz CT molecular complexity index is 1120.